The van der Waals surface area contributed by atoms with Gasteiger partial charge in [0, 0.05) is 12.1 Å². The molecule has 1 aromatic rings. The summed E-state index contributed by atoms with van der Waals surface area (Å²) in [5.41, 5.74) is 0.347. The molecule has 0 aliphatic heterocycles. The molecule has 3 nitrogen and oxygen atoms in total. The Bertz CT molecular complexity index is 443. The van der Waals surface area contributed by atoms with E-state index in [1.54, 1.807) is 12.1 Å². The maximum atomic E-state index is 13.5. The summed E-state index contributed by atoms with van der Waals surface area (Å²) in [7, 11) is 1.84. The van der Waals surface area contributed by atoms with Gasteiger partial charge in [-0.3, -0.25) is 4.79 Å². The summed E-state index contributed by atoms with van der Waals surface area (Å²) in [5, 5.41) is 3.00. The SMILES string of the molecule is CNCC(C)Oc1ccc(F)c(/C=C/C(C)=O)c1. The molecule has 0 bridgehead atoms. The van der Waals surface area contributed by atoms with Crippen molar-refractivity contribution < 1.29 is 13.9 Å². The number of nitrogens with one attached hydrogen (secondary N) is 1. The third-order valence-electron chi connectivity index (χ3n) is 2.29. The molecule has 1 N–H and O–H groups in total. The lowest BCUT2D eigenvalue weighted by atomic mass is 10.1. The fourth-order valence-electron chi connectivity index (χ4n) is 1.49. The van der Waals surface area contributed by atoms with Crippen LogP contribution in [0.3, 0.4) is 0 Å². The largest absolute Gasteiger partial charge is 0.489 e. The molecule has 1 rings (SSSR count). The molecule has 1 atom stereocenters. The second kappa shape index (κ2) is 6.91. The van der Waals surface area contributed by atoms with Crippen LogP contribution in [-0.2, 0) is 4.79 Å². The van der Waals surface area contributed by atoms with Crippen molar-refractivity contribution in [3.63, 3.8) is 0 Å². The number of benzene rings is 1. The first kappa shape index (κ1) is 14.4. The second-order valence-electron chi connectivity index (χ2n) is 4.11. The first-order chi connectivity index (χ1) is 8.52. The smallest absolute Gasteiger partial charge is 0.152 e. The Morgan fingerprint density at radius 1 is 1.56 bits per heavy atom. The van der Waals surface area contributed by atoms with E-state index in [4.69, 9.17) is 4.74 Å². The molecule has 98 valence electrons. The molecule has 1 unspecified atom stereocenters. The highest BCUT2D eigenvalue weighted by Crippen LogP contribution is 2.19. The average molecular weight is 251 g/mol. The fraction of sp³-hybridized carbons (Fsp3) is 0.357. The third-order valence-corrected chi connectivity index (χ3v) is 2.29. The lowest BCUT2D eigenvalue weighted by Crippen LogP contribution is -2.26. The van der Waals surface area contributed by atoms with Crippen molar-refractivity contribution in [3.05, 3.63) is 35.7 Å². The Morgan fingerprint density at radius 2 is 2.28 bits per heavy atom. The summed E-state index contributed by atoms with van der Waals surface area (Å²) in [6.45, 7) is 4.05. The highest BCUT2D eigenvalue weighted by Gasteiger charge is 2.05. The standard InChI is InChI=1S/C14H18FNO2/c1-10(17)4-5-12-8-13(6-7-14(12)15)18-11(2)9-16-3/h4-8,11,16H,9H2,1-3H3/b5-4+. The van der Waals surface area contributed by atoms with E-state index in [0.717, 1.165) is 0 Å². The predicted octanol–water partition coefficient (Wildman–Crippen LogP) is 2.41. The number of ether oxygens (including phenoxy) is 1. The van der Waals surface area contributed by atoms with Gasteiger partial charge in [-0.15, -0.1) is 0 Å². The van der Waals surface area contributed by atoms with Crippen molar-refractivity contribution in [1.82, 2.24) is 5.32 Å². The van der Waals surface area contributed by atoms with Crippen LogP contribution in [0.5, 0.6) is 5.75 Å². The quantitative estimate of drug-likeness (QED) is 0.789. The van der Waals surface area contributed by atoms with Crippen LogP contribution in [0.2, 0.25) is 0 Å². The highest BCUT2D eigenvalue weighted by molar-refractivity contribution is 5.91. The van der Waals surface area contributed by atoms with Crippen LogP contribution in [0.15, 0.2) is 24.3 Å². The van der Waals surface area contributed by atoms with Crippen molar-refractivity contribution in [2.45, 2.75) is 20.0 Å². The van der Waals surface area contributed by atoms with Gasteiger partial charge in [-0.2, -0.15) is 0 Å². The normalized spacial score (nSPS) is 12.7. The number of halogens is 1. The van der Waals surface area contributed by atoms with Crippen LogP contribution >= 0.6 is 0 Å². The minimum atomic E-state index is -0.374. The minimum Gasteiger partial charge on any atom is -0.489 e. The van der Waals surface area contributed by atoms with Gasteiger partial charge < -0.3 is 10.1 Å². The summed E-state index contributed by atoms with van der Waals surface area (Å²) in [6.07, 6.45) is 2.78. The van der Waals surface area contributed by atoms with Crippen molar-refractivity contribution in [2.24, 2.45) is 0 Å². The van der Waals surface area contributed by atoms with E-state index in [1.165, 1.54) is 25.1 Å². The second-order valence-corrected chi connectivity index (χ2v) is 4.11. The van der Waals surface area contributed by atoms with Gasteiger partial charge in [0.25, 0.3) is 0 Å². The molecule has 0 amide bonds. The maximum Gasteiger partial charge on any atom is 0.152 e. The van der Waals surface area contributed by atoms with Crippen molar-refractivity contribution in [1.29, 1.82) is 0 Å². The van der Waals surface area contributed by atoms with Crippen molar-refractivity contribution in [2.75, 3.05) is 13.6 Å². The number of hydrogen-bond acceptors (Lipinski definition) is 3. The lowest BCUT2D eigenvalue weighted by Gasteiger charge is -2.14. The fourth-order valence-corrected chi connectivity index (χ4v) is 1.49. The van der Waals surface area contributed by atoms with E-state index in [9.17, 15) is 9.18 Å². The van der Waals surface area contributed by atoms with Crippen LogP contribution < -0.4 is 10.1 Å². The number of carbonyl (C=O) groups is 1. The van der Waals surface area contributed by atoms with E-state index in [1.807, 2.05) is 14.0 Å². The van der Waals surface area contributed by atoms with Crippen LogP contribution in [-0.4, -0.2) is 25.5 Å². The van der Waals surface area contributed by atoms with Crippen LogP contribution in [0, 0.1) is 5.82 Å². The minimum absolute atomic E-state index is 0.00917. The molecule has 0 aliphatic rings. The zero-order chi connectivity index (χ0) is 13.5. The predicted molar refractivity (Wildman–Crippen MR) is 70.1 cm³/mol. The van der Waals surface area contributed by atoms with E-state index in [-0.39, 0.29) is 17.7 Å². The summed E-state index contributed by atoms with van der Waals surface area (Å²) in [6, 6.07) is 4.49. The first-order valence-electron chi connectivity index (χ1n) is 5.82. The lowest BCUT2D eigenvalue weighted by molar-refractivity contribution is -0.112. The van der Waals surface area contributed by atoms with Crippen LogP contribution in [0.1, 0.15) is 19.4 Å². The van der Waals surface area contributed by atoms with Crippen molar-refractivity contribution in [3.8, 4) is 5.75 Å². The zero-order valence-corrected chi connectivity index (χ0v) is 10.9. The number of carbonyl (C=O) groups excluding carboxylic acids is 1. The third kappa shape index (κ3) is 4.67. The monoisotopic (exact) mass is 251 g/mol. The molecule has 0 radical (unpaired) electrons. The molecule has 1 aromatic carbocycles. The molecule has 0 spiro atoms. The number of hydrogen-bond donors (Lipinski definition) is 1. The van der Waals surface area contributed by atoms with Crippen LogP contribution in [0.4, 0.5) is 4.39 Å². The zero-order valence-electron chi connectivity index (χ0n) is 10.9. The maximum absolute atomic E-state index is 13.5. The molecule has 0 saturated carbocycles. The Morgan fingerprint density at radius 3 is 2.89 bits per heavy atom. The molecule has 4 heteroatoms. The van der Waals surface area contributed by atoms with E-state index in [2.05, 4.69) is 5.32 Å². The Hall–Kier alpha value is -1.68. The molecular formula is C14H18FNO2. The van der Waals surface area contributed by atoms with Gasteiger partial charge >= 0.3 is 0 Å². The summed E-state index contributed by atoms with van der Waals surface area (Å²) < 4.78 is 19.1. The summed E-state index contributed by atoms with van der Waals surface area (Å²) in [4.78, 5) is 10.8. The Kier molecular flexibility index (Phi) is 5.52. The number of allylic oxidation sites excluding steroid dienone is 1. The van der Waals surface area contributed by atoms with Crippen LogP contribution in [0.25, 0.3) is 6.08 Å². The van der Waals surface area contributed by atoms with Gasteiger partial charge in [-0.05, 0) is 51.2 Å². The molecular weight excluding hydrogens is 233 g/mol. The van der Waals surface area contributed by atoms with Gasteiger partial charge in [-0.1, -0.05) is 0 Å². The van der Waals surface area contributed by atoms with E-state index < -0.39 is 0 Å². The van der Waals surface area contributed by atoms with Crippen molar-refractivity contribution >= 4 is 11.9 Å². The van der Waals surface area contributed by atoms with Gasteiger partial charge in [0.1, 0.15) is 17.7 Å². The molecule has 0 heterocycles. The summed E-state index contributed by atoms with van der Waals surface area (Å²) in [5.74, 6) is 0.0905. The molecule has 0 fully saturated rings. The number of ketones is 1. The number of likely N-dealkylation sites (N-methyl/N-ethyl adjacent to an activating group) is 1. The van der Waals surface area contributed by atoms with E-state index >= 15 is 0 Å². The Labute approximate surface area is 107 Å². The highest BCUT2D eigenvalue weighted by atomic mass is 19.1. The van der Waals surface area contributed by atoms with Gasteiger partial charge in [0.15, 0.2) is 5.78 Å². The average Bonchev–Trinajstić information content (AvgIpc) is 2.30. The molecule has 0 aromatic heterocycles. The molecule has 0 saturated heterocycles. The molecule has 0 aliphatic carbocycles. The first-order valence-corrected chi connectivity index (χ1v) is 5.82. The number of rotatable bonds is 6. The van der Waals surface area contributed by atoms with Gasteiger partial charge in [0.05, 0.1) is 0 Å². The molecule has 18 heavy (non-hydrogen) atoms. The topological polar surface area (TPSA) is 38.3 Å². The van der Waals surface area contributed by atoms with E-state index in [0.29, 0.717) is 17.9 Å². The van der Waals surface area contributed by atoms with Gasteiger partial charge in [-0.25, -0.2) is 4.39 Å². The van der Waals surface area contributed by atoms with Gasteiger partial charge in [0.2, 0.25) is 0 Å². The Balaban J connectivity index is 2.83. The summed E-state index contributed by atoms with van der Waals surface area (Å²) >= 11 is 0.